The van der Waals surface area contributed by atoms with E-state index in [0.717, 1.165) is 5.56 Å². The van der Waals surface area contributed by atoms with E-state index >= 15 is 0 Å². The Bertz CT molecular complexity index is 910. The average molecular weight is 404 g/mol. The zero-order valence-corrected chi connectivity index (χ0v) is 16.6. The molecule has 29 heavy (non-hydrogen) atoms. The largest absolute Gasteiger partial charge is 0.496 e. The first-order valence-corrected chi connectivity index (χ1v) is 9.08. The number of aromatic amines is 1. The van der Waals surface area contributed by atoms with Crippen LogP contribution in [0.25, 0.3) is 0 Å². The zero-order chi connectivity index (χ0) is 21.0. The summed E-state index contributed by atoms with van der Waals surface area (Å²) in [4.78, 5) is 27.0. The second-order valence-corrected chi connectivity index (χ2v) is 6.39. The van der Waals surface area contributed by atoms with Gasteiger partial charge in [0.05, 0.1) is 45.7 Å². The van der Waals surface area contributed by atoms with E-state index in [4.69, 9.17) is 19.3 Å². The molecule has 156 valence electrons. The summed E-state index contributed by atoms with van der Waals surface area (Å²) < 4.78 is 15.9. The van der Waals surface area contributed by atoms with Crippen LogP contribution >= 0.6 is 0 Å². The summed E-state index contributed by atoms with van der Waals surface area (Å²) in [6.45, 7) is 0.715. The van der Waals surface area contributed by atoms with Gasteiger partial charge in [-0.1, -0.05) is 0 Å². The fraction of sp³-hybridized carbons (Fsp3) is 0.421. The molecule has 10 nitrogen and oxygen atoms in total. The highest BCUT2D eigenvalue weighted by molar-refractivity contribution is 5.98. The van der Waals surface area contributed by atoms with Gasteiger partial charge in [-0.3, -0.25) is 14.7 Å². The van der Waals surface area contributed by atoms with Gasteiger partial charge < -0.3 is 29.5 Å². The van der Waals surface area contributed by atoms with Crippen LogP contribution in [0, 0.1) is 0 Å². The molecule has 0 fully saturated rings. The predicted octanol–water partition coefficient (Wildman–Crippen LogP) is 0.356. The summed E-state index contributed by atoms with van der Waals surface area (Å²) in [7, 11) is 4.50. The van der Waals surface area contributed by atoms with Crippen LogP contribution in [0.15, 0.2) is 12.1 Å². The van der Waals surface area contributed by atoms with E-state index in [1.807, 2.05) is 0 Å². The van der Waals surface area contributed by atoms with Crippen molar-refractivity contribution in [3.8, 4) is 17.2 Å². The van der Waals surface area contributed by atoms with Crippen molar-refractivity contribution in [3.63, 3.8) is 0 Å². The van der Waals surface area contributed by atoms with Crippen molar-refractivity contribution in [1.82, 2.24) is 20.4 Å². The van der Waals surface area contributed by atoms with Gasteiger partial charge in [0.25, 0.3) is 11.8 Å². The van der Waals surface area contributed by atoms with E-state index in [1.54, 1.807) is 17.0 Å². The number of aliphatic hydroxyl groups is 1. The molecule has 0 aliphatic carbocycles. The van der Waals surface area contributed by atoms with Crippen LogP contribution in [-0.2, 0) is 13.0 Å². The SMILES string of the molecule is COc1cc(OC)c(C(=O)N2CCc3c(C(=O)NCCO)n[nH]c3C2)cc1OC. The maximum Gasteiger partial charge on any atom is 0.272 e. The van der Waals surface area contributed by atoms with Gasteiger partial charge in [0, 0.05) is 30.8 Å². The van der Waals surface area contributed by atoms with Gasteiger partial charge in [-0.05, 0) is 6.42 Å². The number of H-pyrrole nitrogens is 1. The lowest BCUT2D eigenvalue weighted by atomic mass is 10.0. The van der Waals surface area contributed by atoms with Crippen molar-refractivity contribution in [2.24, 2.45) is 0 Å². The number of benzene rings is 1. The van der Waals surface area contributed by atoms with Gasteiger partial charge in [-0.15, -0.1) is 0 Å². The van der Waals surface area contributed by atoms with Gasteiger partial charge in [0.15, 0.2) is 17.2 Å². The van der Waals surface area contributed by atoms with Gasteiger partial charge in [-0.2, -0.15) is 5.10 Å². The van der Waals surface area contributed by atoms with Gasteiger partial charge in [-0.25, -0.2) is 0 Å². The van der Waals surface area contributed by atoms with Crippen LogP contribution in [0.3, 0.4) is 0 Å². The normalized spacial score (nSPS) is 12.9. The van der Waals surface area contributed by atoms with Gasteiger partial charge in [0.1, 0.15) is 5.75 Å². The third kappa shape index (κ3) is 3.97. The minimum Gasteiger partial charge on any atom is -0.496 e. The molecular formula is C19H24N4O6. The maximum absolute atomic E-state index is 13.1. The number of ether oxygens (including phenoxy) is 3. The lowest BCUT2D eigenvalue weighted by molar-refractivity contribution is 0.0728. The summed E-state index contributed by atoms with van der Waals surface area (Å²) in [5.41, 5.74) is 2.14. The molecule has 2 amide bonds. The van der Waals surface area contributed by atoms with Crippen molar-refractivity contribution in [2.75, 3.05) is 41.0 Å². The van der Waals surface area contributed by atoms with Crippen LogP contribution in [0.5, 0.6) is 17.2 Å². The minimum absolute atomic E-state index is 0.145. The lowest BCUT2D eigenvalue weighted by Gasteiger charge is -2.27. The minimum atomic E-state index is -0.349. The molecule has 0 bridgehead atoms. The van der Waals surface area contributed by atoms with E-state index < -0.39 is 0 Å². The highest BCUT2D eigenvalue weighted by Crippen LogP contribution is 2.35. The second kappa shape index (κ2) is 8.82. The molecule has 0 radical (unpaired) electrons. The Hall–Kier alpha value is -3.27. The third-order valence-corrected chi connectivity index (χ3v) is 4.77. The first kappa shape index (κ1) is 20.5. The van der Waals surface area contributed by atoms with Crippen molar-refractivity contribution in [1.29, 1.82) is 0 Å². The van der Waals surface area contributed by atoms with E-state index in [0.29, 0.717) is 47.2 Å². The number of fused-ring (bicyclic) bond motifs is 1. The maximum atomic E-state index is 13.1. The summed E-state index contributed by atoms with van der Waals surface area (Å²) in [6.07, 6.45) is 0.481. The number of aromatic nitrogens is 2. The number of nitrogens with zero attached hydrogens (tertiary/aromatic N) is 2. The zero-order valence-electron chi connectivity index (χ0n) is 16.6. The third-order valence-electron chi connectivity index (χ3n) is 4.77. The Morgan fingerprint density at radius 1 is 1.17 bits per heavy atom. The highest BCUT2D eigenvalue weighted by Gasteiger charge is 2.29. The van der Waals surface area contributed by atoms with Gasteiger partial charge >= 0.3 is 0 Å². The number of aliphatic hydroxyl groups excluding tert-OH is 1. The van der Waals surface area contributed by atoms with E-state index in [-0.39, 0.29) is 31.5 Å². The fourth-order valence-electron chi connectivity index (χ4n) is 3.30. The van der Waals surface area contributed by atoms with Crippen LogP contribution in [0.4, 0.5) is 0 Å². The van der Waals surface area contributed by atoms with Crippen LogP contribution in [0.1, 0.15) is 32.1 Å². The van der Waals surface area contributed by atoms with Gasteiger partial charge in [0.2, 0.25) is 0 Å². The molecule has 0 unspecified atom stereocenters. The number of rotatable bonds is 7. The van der Waals surface area contributed by atoms with Crippen LogP contribution in [-0.4, -0.2) is 73.0 Å². The monoisotopic (exact) mass is 404 g/mol. The first-order chi connectivity index (χ1) is 14.0. The Kier molecular flexibility index (Phi) is 6.23. The van der Waals surface area contributed by atoms with Crippen LogP contribution in [0.2, 0.25) is 0 Å². The van der Waals surface area contributed by atoms with E-state index in [9.17, 15) is 9.59 Å². The van der Waals surface area contributed by atoms with Crippen molar-refractivity contribution in [2.45, 2.75) is 13.0 Å². The molecule has 0 saturated carbocycles. The summed E-state index contributed by atoms with van der Waals surface area (Å²) >= 11 is 0. The standard InChI is InChI=1S/C19H24N4O6/c1-27-14-9-16(29-3)15(28-2)8-12(14)19(26)23-6-4-11-13(10-23)21-22-17(11)18(25)20-5-7-24/h8-9,24H,4-7,10H2,1-3H3,(H,20,25)(H,21,22). The quantitative estimate of drug-likeness (QED) is 0.608. The molecule has 3 N–H and O–H groups in total. The Labute approximate surface area is 167 Å². The smallest absolute Gasteiger partial charge is 0.272 e. The lowest BCUT2D eigenvalue weighted by Crippen LogP contribution is -2.37. The number of methoxy groups -OCH3 is 3. The van der Waals surface area contributed by atoms with Crippen molar-refractivity contribution in [3.05, 3.63) is 34.6 Å². The molecular weight excluding hydrogens is 380 g/mol. The highest BCUT2D eigenvalue weighted by atomic mass is 16.5. The van der Waals surface area contributed by atoms with Crippen molar-refractivity contribution < 1.29 is 28.9 Å². The summed E-state index contributed by atoms with van der Waals surface area (Å²) in [5, 5.41) is 18.4. The number of carbonyl (C=O) groups excluding carboxylic acids is 2. The average Bonchev–Trinajstić information content (AvgIpc) is 3.19. The summed E-state index contributed by atoms with van der Waals surface area (Å²) in [5.74, 6) is 0.701. The number of carbonyl (C=O) groups is 2. The molecule has 2 aromatic rings. The Morgan fingerprint density at radius 2 is 1.86 bits per heavy atom. The molecule has 3 rings (SSSR count). The number of hydrogen-bond acceptors (Lipinski definition) is 7. The Morgan fingerprint density at radius 3 is 2.52 bits per heavy atom. The topological polar surface area (TPSA) is 126 Å². The van der Waals surface area contributed by atoms with Crippen molar-refractivity contribution >= 4 is 11.8 Å². The fourth-order valence-corrected chi connectivity index (χ4v) is 3.30. The number of amides is 2. The molecule has 0 atom stereocenters. The number of nitrogens with one attached hydrogen (secondary N) is 2. The molecule has 0 spiro atoms. The second-order valence-electron chi connectivity index (χ2n) is 6.39. The summed E-state index contributed by atoms with van der Waals surface area (Å²) in [6, 6.07) is 3.21. The van der Waals surface area contributed by atoms with E-state index in [1.165, 1.54) is 21.3 Å². The molecule has 1 aromatic carbocycles. The molecule has 2 heterocycles. The molecule has 0 saturated heterocycles. The molecule has 10 heteroatoms. The predicted molar refractivity (Wildman–Crippen MR) is 103 cm³/mol. The molecule has 1 aromatic heterocycles. The Balaban J connectivity index is 1.83. The van der Waals surface area contributed by atoms with E-state index in [2.05, 4.69) is 15.5 Å². The first-order valence-electron chi connectivity index (χ1n) is 9.08. The number of hydrogen-bond donors (Lipinski definition) is 3. The molecule has 1 aliphatic heterocycles. The molecule has 1 aliphatic rings. The van der Waals surface area contributed by atoms with Crippen LogP contribution < -0.4 is 19.5 Å².